The van der Waals surface area contributed by atoms with E-state index in [9.17, 15) is 4.39 Å². The predicted octanol–water partition coefficient (Wildman–Crippen LogP) is 3.78. The second kappa shape index (κ2) is 5.66. The molecular formula is C17H17FN2O. The third-order valence-corrected chi connectivity index (χ3v) is 3.68. The largest absolute Gasteiger partial charge is 0.441 e. The molecule has 0 bridgehead atoms. The number of fused-ring (bicyclic) bond motifs is 1. The number of hydrogen-bond acceptors (Lipinski definition) is 3. The highest BCUT2D eigenvalue weighted by Gasteiger charge is 2.17. The van der Waals surface area contributed by atoms with Crippen molar-refractivity contribution in [2.45, 2.75) is 19.4 Å². The Kier molecular flexibility index (Phi) is 3.71. The number of nitrogens with zero attached hydrogens (tertiary/aromatic N) is 1. The van der Waals surface area contributed by atoms with Crippen molar-refractivity contribution in [3.8, 4) is 0 Å². The molecule has 0 spiro atoms. The Morgan fingerprint density at radius 2 is 2.05 bits per heavy atom. The molecule has 0 saturated heterocycles. The smallest absolute Gasteiger partial charge is 0.197 e. The zero-order valence-corrected chi connectivity index (χ0v) is 12.1. The number of aromatic nitrogens is 1. The number of rotatable bonds is 4. The molecule has 2 aromatic carbocycles. The van der Waals surface area contributed by atoms with Crippen LogP contribution in [-0.2, 0) is 6.42 Å². The molecule has 21 heavy (non-hydrogen) atoms. The van der Waals surface area contributed by atoms with E-state index >= 15 is 0 Å². The first-order valence-corrected chi connectivity index (χ1v) is 6.95. The maximum atomic E-state index is 13.5. The van der Waals surface area contributed by atoms with E-state index in [1.54, 1.807) is 12.1 Å². The molecule has 1 N–H and O–H groups in total. The van der Waals surface area contributed by atoms with Crippen LogP contribution in [0.25, 0.3) is 11.1 Å². The van der Waals surface area contributed by atoms with E-state index < -0.39 is 0 Å². The summed E-state index contributed by atoms with van der Waals surface area (Å²) in [6.07, 6.45) is 0.579. The van der Waals surface area contributed by atoms with E-state index in [-0.39, 0.29) is 11.9 Å². The van der Waals surface area contributed by atoms with Gasteiger partial charge in [-0.05, 0) is 49.4 Å². The molecule has 0 saturated carbocycles. The summed E-state index contributed by atoms with van der Waals surface area (Å²) in [6, 6.07) is 12.5. The van der Waals surface area contributed by atoms with E-state index in [4.69, 9.17) is 4.42 Å². The Labute approximate surface area is 122 Å². The number of para-hydroxylation sites is 2. The number of aryl methyl sites for hydroxylation is 1. The van der Waals surface area contributed by atoms with Gasteiger partial charge < -0.3 is 9.73 Å². The minimum Gasteiger partial charge on any atom is -0.441 e. The molecule has 0 radical (unpaired) electrons. The van der Waals surface area contributed by atoms with Crippen molar-refractivity contribution in [2.24, 2.45) is 0 Å². The summed E-state index contributed by atoms with van der Waals surface area (Å²) in [6.45, 7) is 1.98. The predicted molar refractivity (Wildman–Crippen MR) is 80.7 cm³/mol. The number of benzene rings is 2. The monoisotopic (exact) mass is 284 g/mol. The maximum absolute atomic E-state index is 13.5. The van der Waals surface area contributed by atoms with Crippen LogP contribution in [0.2, 0.25) is 0 Å². The summed E-state index contributed by atoms with van der Waals surface area (Å²) in [5, 5.41) is 3.21. The van der Waals surface area contributed by atoms with Gasteiger partial charge in [-0.2, -0.15) is 0 Å². The van der Waals surface area contributed by atoms with Crippen molar-refractivity contribution >= 4 is 11.1 Å². The molecule has 1 unspecified atom stereocenters. The van der Waals surface area contributed by atoms with Crippen LogP contribution in [0.5, 0.6) is 0 Å². The number of nitrogens with one attached hydrogen (secondary N) is 1. The van der Waals surface area contributed by atoms with Gasteiger partial charge in [0.25, 0.3) is 0 Å². The van der Waals surface area contributed by atoms with Crippen LogP contribution in [0.3, 0.4) is 0 Å². The standard InChI is InChI=1S/C17H17FN2O/c1-11-7-8-12(18)9-13(11)15(19-2)10-17-20-14-5-3-4-6-16(14)21-17/h3-9,15,19H,10H2,1-2H3. The number of halogens is 1. The van der Waals surface area contributed by atoms with E-state index in [0.29, 0.717) is 12.3 Å². The molecule has 1 heterocycles. The zero-order valence-electron chi connectivity index (χ0n) is 12.1. The maximum Gasteiger partial charge on any atom is 0.197 e. The van der Waals surface area contributed by atoms with E-state index in [2.05, 4.69) is 10.3 Å². The van der Waals surface area contributed by atoms with Crippen LogP contribution in [0.15, 0.2) is 46.9 Å². The van der Waals surface area contributed by atoms with Crippen molar-refractivity contribution in [3.05, 3.63) is 65.3 Å². The van der Waals surface area contributed by atoms with Gasteiger partial charge in [0, 0.05) is 12.5 Å². The highest BCUT2D eigenvalue weighted by Crippen LogP contribution is 2.24. The summed E-state index contributed by atoms with van der Waals surface area (Å²) in [5.41, 5.74) is 3.60. The van der Waals surface area contributed by atoms with Gasteiger partial charge in [0.15, 0.2) is 11.5 Å². The van der Waals surface area contributed by atoms with Crippen LogP contribution < -0.4 is 5.32 Å². The van der Waals surface area contributed by atoms with Gasteiger partial charge in [0.2, 0.25) is 0 Å². The van der Waals surface area contributed by atoms with Crippen molar-refractivity contribution < 1.29 is 8.81 Å². The van der Waals surface area contributed by atoms with Crippen LogP contribution in [-0.4, -0.2) is 12.0 Å². The fraction of sp³-hybridized carbons (Fsp3) is 0.235. The van der Waals surface area contributed by atoms with Gasteiger partial charge in [-0.25, -0.2) is 9.37 Å². The molecule has 108 valence electrons. The summed E-state index contributed by atoms with van der Waals surface area (Å²) in [5.74, 6) is 0.424. The average Bonchev–Trinajstić information content (AvgIpc) is 2.90. The molecule has 1 atom stereocenters. The first-order chi connectivity index (χ1) is 10.2. The normalized spacial score (nSPS) is 12.7. The second-order valence-electron chi connectivity index (χ2n) is 5.12. The van der Waals surface area contributed by atoms with Crippen molar-refractivity contribution in [1.29, 1.82) is 0 Å². The lowest BCUT2D eigenvalue weighted by molar-refractivity contribution is 0.471. The molecule has 0 aliphatic carbocycles. The lowest BCUT2D eigenvalue weighted by Gasteiger charge is -2.17. The summed E-state index contributed by atoms with van der Waals surface area (Å²) in [4.78, 5) is 4.48. The summed E-state index contributed by atoms with van der Waals surface area (Å²) in [7, 11) is 1.86. The van der Waals surface area contributed by atoms with Gasteiger partial charge in [0.05, 0.1) is 0 Å². The Morgan fingerprint density at radius 3 is 2.81 bits per heavy atom. The number of hydrogen-bond donors (Lipinski definition) is 1. The van der Waals surface area contributed by atoms with Gasteiger partial charge in [0.1, 0.15) is 11.3 Å². The molecule has 1 aromatic heterocycles. The number of likely N-dealkylation sites (N-methyl/N-ethyl adjacent to an activating group) is 1. The summed E-state index contributed by atoms with van der Waals surface area (Å²) >= 11 is 0. The lowest BCUT2D eigenvalue weighted by atomic mass is 9.98. The quantitative estimate of drug-likeness (QED) is 0.792. The number of oxazole rings is 1. The Morgan fingerprint density at radius 1 is 1.24 bits per heavy atom. The molecule has 0 aliphatic heterocycles. The first kappa shape index (κ1) is 13.8. The highest BCUT2D eigenvalue weighted by molar-refractivity contribution is 5.72. The third-order valence-electron chi connectivity index (χ3n) is 3.68. The van der Waals surface area contributed by atoms with Gasteiger partial charge >= 0.3 is 0 Å². The Hall–Kier alpha value is -2.20. The van der Waals surface area contributed by atoms with E-state index in [0.717, 1.165) is 22.2 Å². The first-order valence-electron chi connectivity index (χ1n) is 6.95. The van der Waals surface area contributed by atoms with Gasteiger partial charge in [-0.15, -0.1) is 0 Å². The Balaban J connectivity index is 1.91. The molecule has 4 heteroatoms. The van der Waals surface area contributed by atoms with Crippen LogP contribution in [0, 0.1) is 12.7 Å². The zero-order chi connectivity index (χ0) is 14.8. The SMILES string of the molecule is CNC(Cc1nc2ccccc2o1)c1cc(F)ccc1C. The van der Waals surface area contributed by atoms with Crippen LogP contribution in [0.4, 0.5) is 4.39 Å². The van der Waals surface area contributed by atoms with E-state index in [1.165, 1.54) is 6.07 Å². The molecule has 3 rings (SSSR count). The third kappa shape index (κ3) is 2.81. The molecular weight excluding hydrogens is 267 g/mol. The minimum atomic E-state index is -0.228. The lowest BCUT2D eigenvalue weighted by Crippen LogP contribution is -2.20. The fourth-order valence-electron chi connectivity index (χ4n) is 2.54. The molecule has 0 amide bonds. The minimum absolute atomic E-state index is 0.0336. The van der Waals surface area contributed by atoms with Gasteiger partial charge in [-0.1, -0.05) is 18.2 Å². The van der Waals surface area contributed by atoms with Crippen LogP contribution >= 0.6 is 0 Å². The van der Waals surface area contributed by atoms with Crippen molar-refractivity contribution in [1.82, 2.24) is 10.3 Å². The van der Waals surface area contributed by atoms with Crippen molar-refractivity contribution in [3.63, 3.8) is 0 Å². The summed E-state index contributed by atoms with van der Waals surface area (Å²) < 4.78 is 19.2. The fourth-order valence-corrected chi connectivity index (χ4v) is 2.54. The molecule has 3 aromatic rings. The van der Waals surface area contributed by atoms with Gasteiger partial charge in [-0.3, -0.25) is 0 Å². The Bertz CT molecular complexity index is 733. The van der Waals surface area contributed by atoms with Crippen molar-refractivity contribution in [2.75, 3.05) is 7.05 Å². The molecule has 0 aliphatic rings. The van der Waals surface area contributed by atoms with E-state index in [1.807, 2.05) is 38.2 Å². The molecule has 0 fully saturated rings. The average molecular weight is 284 g/mol. The second-order valence-corrected chi connectivity index (χ2v) is 5.12. The topological polar surface area (TPSA) is 38.1 Å². The molecule has 3 nitrogen and oxygen atoms in total. The highest BCUT2D eigenvalue weighted by atomic mass is 19.1. The van der Waals surface area contributed by atoms with Crippen LogP contribution in [0.1, 0.15) is 23.1 Å².